The molecule has 192 valence electrons. The van der Waals surface area contributed by atoms with Crippen LogP contribution in [0.15, 0.2) is 18.2 Å². The summed E-state index contributed by atoms with van der Waals surface area (Å²) >= 11 is 4.32. The van der Waals surface area contributed by atoms with Crippen molar-refractivity contribution in [2.75, 3.05) is 18.8 Å². The molecule has 0 spiro atoms. The molecule has 1 aromatic carbocycles. The first-order valence-corrected chi connectivity index (χ1v) is 12.8. The summed E-state index contributed by atoms with van der Waals surface area (Å²) < 4.78 is 5.34. The van der Waals surface area contributed by atoms with Crippen LogP contribution in [0.4, 0.5) is 4.79 Å². The van der Waals surface area contributed by atoms with Gasteiger partial charge in [-0.2, -0.15) is 12.6 Å². The van der Waals surface area contributed by atoms with Crippen molar-refractivity contribution in [1.29, 1.82) is 0 Å². The summed E-state index contributed by atoms with van der Waals surface area (Å²) in [4.78, 5) is 41.2. The summed E-state index contributed by atoms with van der Waals surface area (Å²) in [6.45, 7) is 14.3. The van der Waals surface area contributed by atoms with E-state index in [1.54, 1.807) is 25.7 Å². The predicted octanol–water partition coefficient (Wildman–Crippen LogP) is 4.71. The first-order chi connectivity index (χ1) is 16.0. The molecule has 7 nitrogen and oxygen atoms in total. The number of nitrogens with zero attached hydrogens (tertiary/aromatic N) is 1. The van der Waals surface area contributed by atoms with Crippen molar-refractivity contribution in [3.05, 3.63) is 34.9 Å². The van der Waals surface area contributed by atoms with Crippen LogP contribution in [0.5, 0.6) is 0 Å². The number of hydrogen-bond acceptors (Lipinski definition) is 5. The minimum atomic E-state index is -0.925. The smallest absolute Gasteiger partial charge is 0.408 e. The molecule has 2 N–H and O–H groups in total. The molecule has 0 aliphatic heterocycles. The van der Waals surface area contributed by atoms with Crippen LogP contribution in [-0.4, -0.2) is 53.3 Å². The second-order valence-corrected chi connectivity index (χ2v) is 9.97. The Bertz CT molecular complexity index is 823. The standard InChI is InChI=1S/C26H43N3O4S/c1-8-10-15-27-23(30)22(20-14-12-13-18(3)19(20)4)29(16-11-9-2)24(31)21(17-34)28-25(32)33-26(5,6)7/h12-14,21-22,34H,8-11,15-17H2,1-7H3,(H,27,30)(H,28,32). The Labute approximate surface area is 210 Å². The molecule has 3 amide bonds. The van der Waals surface area contributed by atoms with Gasteiger partial charge in [-0.3, -0.25) is 9.59 Å². The molecule has 2 atom stereocenters. The van der Waals surface area contributed by atoms with Gasteiger partial charge in [0, 0.05) is 18.8 Å². The highest BCUT2D eigenvalue weighted by Crippen LogP contribution is 2.28. The first kappa shape index (κ1) is 29.8. The van der Waals surface area contributed by atoms with E-state index >= 15 is 0 Å². The molecule has 0 fully saturated rings. The topological polar surface area (TPSA) is 87.7 Å². The van der Waals surface area contributed by atoms with E-state index in [1.807, 2.05) is 39.0 Å². The van der Waals surface area contributed by atoms with Crippen LogP contribution < -0.4 is 10.6 Å². The number of nitrogens with one attached hydrogen (secondary N) is 2. The molecule has 0 saturated carbocycles. The number of amides is 3. The molecule has 34 heavy (non-hydrogen) atoms. The lowest BCUT2D eigenvalue weighted by molar-refractivity contribution is -0.142. The molecule has 8 heteroatoms. The first-order valence-electron chi connectivity index (χ1n) is 12.2. The lowest BCUT2D eigenvalue weighted by Crippen LogP contribution is -2.54. The van der Waals surface area contributed by atoms with Crippen LogP contribution in [0.3, 0.4) is 0 Å². The molecule has 0 aromatic heterocycles. The average molecular weight is 494 g/mol. The van der Waals surface area contributed by atoms with E-state index in [9.17, 15) is 14.4 Å². The maximum atomic E-state index is 13.8. The molecule has 2 unspecified atom stereocenters. The Kier molecular flexibility index (Phi) is 12.5. The minimum Gasteiger partial charge on any atom is -0.444 e. The van der Waals surface area contributed by atoms with Crippen molar-refractivity contribution < 1.29 is 19.1 Å². The van der Waals surface area contributed by atoms with E-state index in [1.165, 1.54) is 0 Å². The van der Waals surface area contributed by atoms with Gasteiger partial charge in [0.25, 0.3) is 0 Å². The van der Waals surface area contributed by atoms with Crippen molar-refractivity contribution in [2.45, 2.75) is 91.8 Å². The number of hydrogen-bond donors (Lipinski definition) is 3. The van der Waals surface area contributed by atoms with Crippen LogP contribution in [0.1, 0.15) is 83.0 Å². The van der Waals surface area contributed by atoms with Crippen molar-refractivity contribution in [2.24, 2.45) is 0 Å². The number of benzene rings is 1. The van der Waals surface area contributed by atoms with Crippen molar-refractivity contribution in [3.63, 3.8) is 0 Å². The monoisotopic (exact) mass is 493 g/mol. The number of ether oxygens (including phenoxy) is 1. The zero-order valence-electron chi connectivity index (χ0n) is 21.9. The molecule has 0 aliphatic carbocycles. The third kappa shape index (κ3) is 9.20. The summed E-state index contributed by atoms with van der Waals surface area (Å²) in [5.74, 6) is -0.495. The average Bonchev–Trinajstić information content (AvgIpc) is 2.75. The Morgan fingerprint density at radius 3 is 2.29 bits per heavy atom. The number of carbonyl (C=O) groups excluding carboxylic acids is 3. The van der Waals surface area contributed by atoms with E-state index in [0.29, 0.717) is 13.1 Å². The van der Waals surface area contributed by atoms with E-state index in [0.717, 1.165) is 42.4 Å². The van der Waals surface area contributed by atoms with E-state index < -0.39 is 23.8 Å². The molecular formula is C26H43N3O4S. The molecule has 0 heterocycles. The number of aryl methyl sites for hydroxylation is 1. The van der Waals surface area contributed by atoms with Gasteiger partial charge in [0.1, 0.15) is 17.7 Å². The highest BCUT2D eigenvalue weighted by Gasteiger charge is 2.36. The predicted molar refractivity (Wildman–Crippen MR) is 140 cm³/mol. The van der Waals surface area contributed by atoms with Gasteiger partial charge in [0.15, 0.2) is 0 Å². The van der Waals surface area contributed by atoms with Gasteiger partial charge >= 0.3 is 6.09 Å². The van der Waals surface area contributed by atoms with Crippen molar-refractivity contribution >= 4 is 30.5 Å². The number of alkyl carbamates (subject to hydrolysis) is 1. The van der Waals surface area contributed by atoms with Crippen LogP contribution >= 0.6 is 12.6 Å². The quantitative estimate of drug-likeness (QED) is 0.291. The Balaban J connectivity index is 3.40. The molecular weight excluding hydrogens is 450 g/mol. The molecule has 0 saturated heterocycles. The molecule has 0 bridgehead atoms. The second kappa shape index (κ2) is 14.2. The van der Waals surface area contributed by atoms with E-state index in [2.05, 4.69) is 30.2 Å². The Hall–Kier alpha value is -2.22. The van der Waals surface area contributed by atoms with Crippen LogP contribution in [0.2, 0.25) is 0 Å². The highest BCUT2D eigenvalue weighted by molar-refractivity contribution is 7.80. The van der Waals surface area contributed by atoms with Crippen LogP contribution in [-0.2, 0) is 14.3 Å². The Morgan fingerprint density at radius 1 is 1.09 bits per heavy atom. The maximum absolute atomic E-state index is 13.8. The number of carbonyl (C=O) groups is 3. The number of unbranched alkanes of at least 4 members (excludes halogenated alkanes) is 2. The molecule has 0 aliphatic rings. The number of thiol groups is 1. The van der Waals surface area contributed by atoms with Crippen LogP contribution in [0.25, 0.3) is 0 Å². The zero-order valence-corrected chi connectivity index (χ0v) is 22.8. The van der Waals surface area contributed by atoms with E-state index in [4.69, 9.17) is 4.74 Å². The lowest BCUT2D eigenvalue weighted by Gasteiger charge is -2.35. The summed E-state index contributed by atoms with van der Waals surface area (Å²) in [5.41, 5.74) is 2.10. The second-order valence-electron chi connectivity index (χ2n) is 9.60. The summed E-state index contributed by atoms with van der Waals surface area (Å²) in [6, 6.07) is 4.06. The zero-order chi connectivity index (χ0) is 25.9. The lowest BCUT2D eigenvalue weighted by atomic mass is 9.95. The fourth-order valence-corrected chi connectivity index (χ4v) is 3.78. The Morgan fingerprint density at radius 2 is 1.74 bits per heavy atom. The number of rotatable bonds is 12. The van der Waals surface area contributed by atoms with Crippen molar-refractivity contribution in [3.8, 4) is 0 Å². The summed E-state index contributed by atoms with van der Waals surface area (Å²) in [5, 5.41) is 5.65. The van der Waals surface area contributed by atoms with Crippen molar-refractivity contribution in [1.82, 2.24) is 15.5 Å². The third-order valence-corrected chi connectivity index (χ3v) is 5.90. The molecule has 0 radical (unpaired) electrons. The maximum Gasteiger partial charge on any atom is 0.408 e. The van der Waals surface area contributed by atoms with Gasteiger partial charge in [-0.05, 0) is 64.2 Å². The van der Waals surface area contributed by atoms with Gasteiger partial charge in [-0.1, -0.05) is 44.9 Å². The minimum absolute atomic E-state index is 0.0810. The SMILES string of the molecule is CCCCNC(=O)C(c1cccc(C)c1C)N(CCCC)C(=O)C(CS)NC(=O)OC(C)(C)C. The van der Waals surface area contributed by atoms with Crippen LogP contribution in [0, 0.1) is 13.8 Å². The van der Waals surface area contributed by atoms with Gasteiger partial charge in [0.2, 0.25) is 11.8 Å². The van der Waals surface area contributed by atoms with Gasteiger partial charge in [-0.25, -0.2) is 4.79 Å². The largest absolute Gasteiger partial charge is 0.444 e. The van der Waals surface area contributed by atoms with Gasteiger partial charge in [-0.15, -0.1) is 0 Å². The fraction of sp³-hybridized carbons (Fsp3) is 0.654. The summed E-state index contributed by atoms with van der Waals surface area (Å²) in [6.07, 6.45) is 2.69. The third-order valence-electron chi connectivity index (χ3n) is 5.54. The molecule has 1 aromatic rings. The van der Waals surface area contributed by atoms with E-state index in [-0.39, 0.29) is 17.6 Å². The van der Waals surface area contributed by atoms with Gasteiger partial charge < -0.3 is 20.3 Å². The summed E-state index contributed by atoms with van der Waals surface area (Å²) in [7, 11) is 0. The fourth-order valence-electron chi connectivity index (χ4n) is 3.54. The molecule has 1 rings (SSSR count). The highest BCUT2D eigenvalue weighted by atomic mass is 32.1. The normalized spacial score (nSPS) is 13.1. The van der Waals surface area contributed by atoms with Gasteiger partial charge in [0.05, 0.1) is 0 Å².